The first-order valence-electron chi connectivity index (χ1n) is 8.13. The lowest BCUT2D eigenvalue weighted by Crippen LogP contribution is -2.12. The summed E-state index contributed by atoms with van der Waals surface area (Å²) in [7, 11) is 0. The molecule has 0 amide bonds. The number of halogens is 1. The maximum Gasteiger partial charge on any atom is 0.173 e. The van der Waals surface area contributed by atoms with Gasteiger partial charge in [0, 0.05) is 30.7 Å². The van der Waals surface area contributed by atoms with Crippen LogP contribution in [0.4, 0.5) is 11.6 Å². The van der Waals surface area contributed by atoms with Crippen LogP contribution in [0.2, 0.25) is 0 Å². The highest BCUT2D eigenvalue weighted by atomic mass is 79.9. The first-order chi connectivity index (χ1) is 12.2. The van der Waals surface area contributed by atoms with Crippen LogP contribution in [0.15, 0.2) is 46.3 Å². The van der Waals surface area contributed by atoms with Gasteiger partial charge in [0.15, 0.2) is 11.5 Å². The first-order valence-corrected chi connectivity index (χ1v) is 8.92. The number of hydrogen-bond acceptors (Lipinski definition) is 6. The molecule has 0 radical (unpaired) electrons. The third-order valence-corrected chi connectivity index (χ3v) is 4.72. The summed E-state index contributed by atoms with van der Waals surface area (Å²) in [5.41, 5.74) is 2.55. The van der Waals surface area contributed by atoms with E-state index in [1.54, 1.807) is 16.9 Å². The Hall–Kier alpha value is -2.32. The number of fused-ring (bicyclic) bond motifs is 1. The molecule has 8 heteroatoms. The number of aliphatic imine (C=N–C) groups is 1. The molecule has 0 spiro atoms. The zero-order chi connectivity index (χ0) is 17.2. The number of nitrogens with zero attached hydrogens (tertiary/aromatic N) is 5. The number of aromatic nitrogens is 4. The van der Waals surface area contributed by atoms with Crippen LogP contribution in [0, 0.1) is 0 Å². The molecule has 0 aliphatic heterocycles. The van der Waals surface area contributed by atoms with E-state index in [0.29, 0.717) is 18.0 Å². The Labute approximate surface area is 153 Å². The molecular formula is C17H17BrN6O. The van der Waals surface area contributed by atoms with Gasteiger partial charge < -0.3 is 10.4 Å². The molecule has 25 heavy (non-hydrogen) atoms. The first kappa shape index (κ1) is 16.2. The zero-order valence-electron chi connectivity index (χ0n) is 13.4. The van der Waals surface area contributed by atoms with Crippen LogP contribution >= 0.6 is 15.9 Å². The number of nitrogens with one attached hydrogen (secondary N) is 1. The Morgan fingerprint density at radius 3 is 3.08 bits per heavy atom. The Morgan fingerprint density at radius 2 is 2.32 bits per heavy atom. The standard InChI is InChI=1S/C17H17BrN6O/c18-12-10-21-24-16(20-9-11-3-2-6-19-8-11)7-15(23-17(12)24)22-13-4-1-5-14(13)25/h2-3,6-8,10,14,20,25H,1,4-5,9H2/t14-/m1/s1. The molecule has 0 saturated heterocycles. The molecule has 3 aromatic rings. The minimum atomic E-state index is -0.460. The second-order valence-corrected chi connectivity index (χ2v) is 6.81. The Balaban J connectivity index is 1.69. The van der Waals surface area contributed by atoms with Gasteiger partial charge in [0.05, 0.1) is 16.8 Å². The van der Waals surface area contributed by atoms with Crippen molar-refractivity contribution in [1.82, 2.24) is 19.6 Å². The maximum absolute atomic E-state index is 9.99. The summed E-state index contributed by atoms with van der Waals surface area (Å²) in [6.07, 6.45) is 7.36. The van der Waals surface area contributed by atoms with E-state index >= 15 is 0 Å². The van der Waals surface area contributed by atoms with Crippen molar-refractivity contribution >= 4 is 38.9 Å². The number of rotatable bonds is 4. The highest BCUT2D eigenvalue weighted by Crippen LogP contribution is 2.26. The zero-order valence-corrected chi connectivity index (χ0v) is 15.0. The third-order valence-electron chi connectivity index (χ3n) is 4.16. The van der Waals surface area contributed by atoms with E-state index in [1.807, 2.05) is 24.4 Å². The molecule has 3 aromatic heterocycles. The predicted octanol–water partition coefficient (Wildman–Crippen LogP) is 3.12. The van der Waals surface area contributed by atoms with Crippen LogP contribution in [0.25, 0.3) is 5.65 Å². The number of anilines is 1. The fourth-order valence-electron chi connectivity index (χ4n) is 2.89. The minimum absolute atomic E-state index is 0.460. The van der Waals surface area contributed by atoms with Crippen molar-refractivity contribution in [2.75, 3.05) is 5.32 Å². The van der Waals surface area contributed by atoms with E-state index in [9.17, 15) is 5.11 Å². The lowest BCUT2D eigenvalue weighted by atomic mass is 10.3. The summed E-state index contributed by atoms with van der Waals surface area (Å²) < 4.78 is 2.53. The SMILES string of the molecule is O[C@@H]1CCCC1=Nc1cc(NCc2cccnc2)n2ncc(Br)c2n1. The van der Waals surface area contributed by atoms with E-state index in [2.05, 4.69) is 41.3 Å². The molecule has 7 nitrogen and oxygen atoms in total. The normalized spacial score (nSPS) is 19.0. The average Bonchev–Trinajstić information content (AvgIpc) is 3.20. The number of pyridine rings is 1. The fraction of sp³-hybridized carbons (Fsp3) is 0.294. The van der Waals surface area contributed by atoms with Crippen LogP contribution in [-0.4, -0.2) is 36.5 Å². The summed E-state index contributed by atoms with van der Waals surface area (Å²) in [5, 5.41) is 17.7. The summed E-state index contributed by atoms with van der Waals surface area (Å²) in [4.78, 5) is 13.2. The van der Waals surface area contributed by atoms with E-state index in [4.69, 9.17) is 0 Å². The van der Waals surface area contributed by atoms with Gasteiger partial charge in [-0.1, -0.05) is 6.07 Å². The highest BCUT2D eigenvalue weighted by molar-refractivity contribution is 9.10. The van der Waals surface area contributed by atoms with Gasteiger partial charge in [-0.3, -0.25) is 4.98 Å². The Kier molecular flexibility index (Phi) is 4.46. The molecule has 3 heterocycles. The molecule has 1 fully saturated rings. The van der Waals surface area contributed by atoms with Crippen molar-refractivity contribution in [3.05, 3.63) is 46.8 Å². The molecule has 1 aliphatic rings. The molecule has 4 rings (SSSR count). The van der Waals surface area contributed by atoms with Gasteiger partial charge in [0.2, 0.25) is 0 Å². The molecule has 1 saturated carbocycles. The van der Waals surface area contributed by atoms with Crippen molar-refractivity contribution < 1.29 is 5.11 Å². The molecule has 128 valence electrons. The Morgan fingerprint density at radius 1 is 1.40 bits per heavy atom. The molecule has 1 aliphatic carbocycles. The number of aliphatic hydroxyl groups is 1. The average molecular weight is 401 g/mol. The van der Waals surface area contributed by atoms with Gasteiger partial charge in [-0.05, 0) is 46.8 Å². The summed E-state index contributed by atoms with van der Waals surface area (Å²) in [5.74, 6) is 1.35. The van der Waals surface area contributed by atoms with Crippen LogP contribution in [0.3, 0.4) is 0 Å². The van der Waals surface area contributed by atoms with Gasteiger partial charge >= 0.3 is 0 Å². The van der Waals surface area contributed by atoms with Crippen LogP contribution in [0.1, 0.15) is 24.8 Å². The van der Waals surface area contributed by atoms with Crippen molar-refractivity contribution in [2.45, 2.75) is 31.9 Å². The molecule has 0 bridgehead atoms. The van der Waals surface area contributed by atoms with E-state index < -0.39 is 6.10 Å². The molecule has 0 aromatic carbocycles. The summed E-state index contributed by atoms with van der Waals surface area (Å²) in [6.45, 7) is 0.614. The molecular weight excluding hydrogens is 384 g/mol. The molecule has 0 unspecified atom stereocenters. The quantitative estimate of drug-likeness (QED) is 0.702. The number of aliphatic hydroxyl groups excluding tert-OH is 1. The topological polar surface area (TPSA) is 87.7 Å². The Bertz CT molecular complexity index is 924. The van der Waals surface area contributed by atoms with Crippen LogP contribution in [0.5, 0.6) is 0 Å². The van der Waals surface area contributed by atoms with Crippen molar-refractivity contribution in [3.63, 3.8) is 0 Å². The fourth-order valence-corrected chi connectivity index (χ4v) is 3.24. The smallest absolute Gasteiger partial charge is 0.173 e. The third kappa shape index (κ3) is 3.40. The second-order valence-electron chi connectivity index (χ2n) is 5.95. The highest BCUT2D eigenvalue weighted by Gasteiger charge is 2.20. The monoisotopic (exact) mass is 400 g/mol. The van der Waals surface area contributed by atoms with Gasteiger partial charge in [0.25, 0.3) is 0 Å². The summed E-state index contributed by atoms with van der Waals surface area (Å²) in [6, 6.07) is 5.76. The van der Waals surface area contributed by atoms with Crippen molar-refractivity contribution in [1.29, 1.82) is 0 Å². The lowest BCUT2D eigenvalue weighted by Gasteiger charge is -2.10. The van der Waals surface area contributed by atoms with Crippen molar-refractivity contribution in [2.24, 2.45) is 4.99 Å². The van der Waals surface area contributed by atoms with Gasteiger partial charge in [-0.25, -0.2) is 9.98 Å². The van der Waals surface area contributed by atoms with Crippen LogP contribution in [-0.2, 0) is 6.54 Å². The van der Waals surface area contributed by atoms with E-state index in [-0.39, 0.29) is 0 Å². The summed E-state index contributed by atoms with van der Waals surface area (Å²) >= 11 is 3.47. The van der Waals surface area contributed by atoms with Crippen LogP contribution < -0.4 is 5.32 Å². The van der Waals surface area contributed by atoms with Gasteiger partial charge in [-0.2, -0.15) is 9.61 Å². The van der Waals surface area contributed by atoms with E-state index in [0.717, 1.165) is 40.8 Å². The lowest BCUT2D eigenvalue weighted by molar-refractivity contribution is 0.242. The molecule has 2 N–H and O–H groups in total. The predicted molar refractivity (Wildman–Crippen MR) is 99.2 cm³/mol. The van der Waals surface area contributed by atoms with Gasteiger partial charge in [-0.15, -0.1) is 0 Å². The van der Waals surface area contributed by atoms with Gasteiger partial charge in [0.1, 0.15) is 5.82 Å². The van der Waals surface area contributed by atoms with E-state index in [1.165, 1.54) is 0 Å². The largest absolute Gasteiger partial charge is 0.387 e. The molecule has 1 atom stereocenters. The van der Waals surface area contributed by atoms with Crippen molar-refractivity contribution in [3.8, 4) is 0 Å². The number of hydrogen-bond donors (Lipinski definition) is 2. The second kappa shape index (κ2) is 6.89. The maximum atomic E-state index is 9.99. The minimum Gasteiger partial charge on any atom is -0.387 e.